The van der Waals surface area contributed by atoms with Gasteiger partial charge in [-0.25, -0.2) is 0 Å². The lowest BCUT2D eigenvalue weighted by molar-refractivity contribution is 0.333. The second-order valence-corrected chi connectivity index (χ2v) is 23.0. The Bertz CT molecular complexity index is 4640. The van der Waals surface area contributed by atoms with Crippen LogP contribution in [-0.4, -0.2) is 25.5 Å². The van der Waals surface area contributed by atoms with Crippen LogP contribution in [0.3, 0.4) is 0 Å². The van der Waals surface area contributed by atoms with Crippen molar-refractivity contribution in [1.29, 1.82) is 0 Å². The van der Waals surface area contributed by atoms with Crippen molar-refractivity contribution in [2.24, 2.45) is 0 Å². The van der Waals surface area contributed by atoms with Crippen LogP contribution in [-0.2, 0) is 5.41 Å². The molecule has 6 nitrogen and oxygen atoms in total. The largest absolute Gasteiger partial charge is 0.462 e. The molecule has 7 heteroatoms. The second-order valence-electron chi connectivity index (χ2n) is 23.0. The van der Waals surface area contributed by atoms with Gasteiger partial charge in [-0.3, -0.25) is 28.1 Å². The van der Waals surface area contributed by atoms with Crippen LogP contribution in [0.25, 0.3) is 55.4 Å². The quantitative estimate of drug-likeness (QED) is 0.162. The number of benzene rings is 9. The Morgan fingerprint density at radius 3 is 1.31 bits per heavy atom. The third kappa shape index (κ3) is 4.20. The Morgan fingerprint density at radius 2 is 0.811 bits per heavy atom. The molecule has 74 heavy (non-hydrogen) atoms. The number of hydrogen-bond donors (Lipinski definition) is 0. The molecule has 2 aromatic heterocycles. The third-order valence-electron chi connectivity index (χ3n) is 19.3. The molecule has 3 unspecified atom stereocenters. The van der Waals surface area contributed by atoms with Gasteiger partial charge in [-0.05, 0) is 172 Å². The molecule has 0 fully saturated rings. The van der Waals surface area contributed by atoms with Crippen molar-refractivity contribution in [3.8, 4) is 33.6 Å². The van der Waals surface area contributed by atoms with E-state index in [-0.39, 0.29) is 40.2 Å². The van der Waals surface area contributed by atoms with Gasteiger partial charge in [-0.2, -0.15) is 0 Å². The van der Waals surface area contributed by atoms with E-state index in [9.17, 15) is 0 Å². The minimum Gasteiger partial charge on any atom is -0.268 e. The fourth-order valence-corrected chi connectivity index (χ4v) is 17.2. The highest BCUT2D eigenvalue weighted by Crippen LogP contribution is 2.77. The molecule has 4 heterocycles. The highest BCUT2D eigenvalue weighted by molar-refractivity contribution is 6.75. The van der Waals surface area contributed by atoms with Gasteiger partial charge in [0.05, 0.1) is 33.2 Å². The zero-order valence-corrected chi connectivity index (χ0v) is 41.9. The molecule has 3 atom stereocenters. The minimum absolute atomic E-state index is 0.0180. The van der Waals surface area contributed by atoms with E-state index in [1.54, 1.807) is 0 Å². The number of nitrogens with zero attached hydrogens (tertiary/aromatic N) is 4. The van der Waals surface area contributed by atoms with Crippen LogP contribution in [0.1, 0.15) is 124 Å². The van der Waals surface area contributed by atoms with E-state index in [0.717, 1.165) is 50.1 Å². The van der Waals surface area contributed by atoms with E-state index in [0.29, 0.717) is 10.8 Å². The average Bonchev–Trinajstić information content (AvgIpc) is 4.22. The molecule has 2 bridgehead atoms. The lowest BCUT2D eigenvalue weighted by Gasteiger charge is -2.58. The molecule has 11 aromatic rings. The highest BCUT2D eigenvalue weighted by atomic mass is 16.1. The predicted molar refractivity (Wildman–Crippen MR) is 296 cm³/mol. The first-order valence-corrected chi connectivity index (χ1v) is 26.4. The van der Waals surface area contributed by atoms with Gasteiger partial charge in [0.1, 0.15) is 0 Å². The molecule has 350 valence electrons. The van der Waals surface area contributed by atoms with Crippen molar-refractivity contribution in [1.82, 2.24) is 18.5 Å². The summed E-state index contributed by atoms with van der Waals surface area (Å²) in [7, 11) is 0. The van der Waals surface area contributed by atoms with Crippen LogP contribution in [0, 0.1) is 41.5 Å². The van der Waals surface area contributed by atoms with Crippen molar-refractivity contribution in [2.75, 3.05) is 0 Å². The number of hydrogen-bond acceptors (Lipinski definition) is 2. The van der Waals surface area contributed by atoms with Gasteiger partial charge < -0.3 is 0 Å². The first kappa shape index (κ1) is 40.1. The first-order valence-electron chi connectivity index (χ1n) is 26.4. The lowest BCUT2D eigenvalue weighted by Crippen LogP contribution is -2.52. The Labute approximate surface area is 427 Å². The van der Waals surface area contributed by atoms with Crippen LogP contribution in [0.4, 0.5) is 0 Å². The number of aryl methyl sites for hydroxylation is 6. The molecule has 0 radical (unpaired) electrons. The summed E-state index contributed by atoms with van der Waals surface area (Å²) in [6.07, 6.45) is 0. The van der Waals surface area contributed by atoms with Crippen molar-refractivity contribution in [3.05, 3.63) is 273 Å². The fourth-order valence-electron chi connectivity index (χ4n) is 17.2. The molecule has 19 rings (SSSR count). The van der Waals surface area contributed by atoms with Gasteiger partial charge in [0.2, 0.25) is 0 Å². The molecule has 6 aliphatic carbocycles. The van der Waals surface area contributed by atoms with Crippen LogP contribution in [0.5, 0.6) is 0 Å². The van der Waals surface area contributed by atoms with E-state index in [1.807, 2.05) is 9.19 Å². The summed E-state index contributed by atoms with van der Waals surface area (Å²) < 4.78 is 8.41. The first-order chi connectivity index (χ1) is 36.1. The molecule has 1 spiro atoms. The van der Waals surface area contributed by atoms with Gasteiger partial charge in [-0.1, -0.05) is 132 Å². The summed E-state index contributed by atoms with van der Waals surface area (Å²) in [5.74, 6) is 0.487. The molecule has 8 aliphatic rings. The number of rotatable bonds is 2. The summed E-state index contributed by atoms with van der Waals surface area (Å²) in [5, 5.41) is 1.38. The van der Waals surface area contributed by atoms with Crippen molar-refractivity contribution in [2.45, 2.75) is 70.6 Å². The summed E-state index contributed by atoms with van der Waals surface area (Å²) in [4.78, 5) is 32.3. The molecule has 9 aromatic carbocycles. The molecule has 0 saturated carbocycles. The summed E-state index contributed by atoms with van der Waals surface area (Å²) in [6, 6.07) is 56.6. The summed E-state index contributed by atoms with van der Waals surface area (Å²) >= 11 is 0. The van der Waals surface area contributed by atoms with E-state index in [4.69, 9.17) is 0 Å². The van der Waals surface area contributed by atoms with Crippen molar-refractivity contribution in [3.63, 3.8) is 0 Å². The fraction of sp³-hybridized carbons (Fsp3) is 0.164. The van der Waals surface area contributed by atoms with E-state index < -0.39 is 6.98 Å². The minimum atomic E-state index is -0.734. The Balaban J connectivity index is 0.984. The van der Waals surface area contributed by atoms with E-state index in [1.165, 1.54) is 100 Å². The lowest BCUT2D eigenvalue weighted by atomic mass is 9.43. The summed E-state index contributed by atoms with van der Waals surface area (Å²) in [6.45, 7) is 12.5. The molecule has 0 amide bonds. The topological polar surface area (TPSA) is 53.9 Å². The van der Waals surface area contributed by atoms with E-state index in [2.05, 4.69) is 203 Å². The molecule has 0 N–H and O–H groups in total. The smallest absolute Gasteiger partial charge is 0.268 e. The van der Waals surface area contributed by atoms with Crippen LogP contribution in [0.15, 0.2) is 161 Å². The SMILES string of the molecule is Cc1cc(C)c(-c2cc(-c3c(C)cc(C)cc3C)c3c4c2-n2c5cc6c(cc5c(=O)n2B4n2c(=O)c4cc5c(cc4n2-3)C2c3ccccc3C3c4ccccc4C532)C2c3ccccc3C6c3ccccc32)c(C)c1. The molecule has 0 saturated heterocycles. The summed E-state index contributed by atoms with van der Waals surface area (Å²) in [5.41, 5.74) is 31.9. The highest BCUT2D eigenvalue weighted by Gasteiger charge is 2.69. The van der Waals surface area contributed by atoms with Crippen LogP contribution in [0.2, 0.25) is 0 Å². The Hall–Kier alpha value is -8.42. The monoisotopic (exact) mass is 950 g/mol. The van der Waals surface area contributed by atoms with Gasteiger partial charge in [0.25, 0.3) is 11.1 Å². The predicted octanol–water partition coefficient (Wildman–Crippen LogP) is 12.4. The molecular formula is C67H47BN4O2. The van der Waals surface area contributed by atoms with Crippen molar-refractivity contribution < 1.29 is 0 Å². The van der Waals surface area contributed by atoms with Crippen LogP contribution < -0.4 is 16.6 Å². The van der Waals surface area contributed by atoms with Gasteiger partial charge in [0.15, 0.2) is 0 Å². The normalized spacial score (nSPS) is 20.4. The second kappa shape index (κ2) is 12.8. The maximum Gasteiger partial charge on any atom is 0.462 e. The Kier molecular flexibility index (Phi) is 6.96. The van der Waals surface area contributed by atoms with Gasteiger partial charge in [-0.15, -0.1) is 0 Å². The van der Waals surface area contributed by atoms with Crippen molar-refractivity contribution >= 4 is 34.3 Å². The van der Waals surface area contributed by atoms with E-state index >= 15 is 9.59 Å². The van der Waals surface area contributed by atoms with Gasteiger partial charge in [0, 0.05) is 45.7 Å². The average molecular weight is 951 g/mol. The Morgan fingerprint density at radius 1 is 0.405 bits per heavy atom. The standard InChI is InChI=1S/C67H47BN4O2/c1-32-23-34(3)56(35(4)24-32)50-28-51(57-36(5)25-33(2)26-37(57)6)64-62-63(50)69-54-30-46-45(58-38-15-7-9-17-40(38)59(46)41-18-10-8-16-39(41)58)27-48(54)65(73)71(69)68(62)72-66(74)49-29-53-47(31-55(49)70(64)72)61-43-20-12-11-19-42(43)60-44-21-13-14-22-52(44)67(53,60)61/h7-31,58-61H,1-6H3. The molecule has 2 aliphatic heterocycles. The molecular weight excluding hydrogens is 904 g/mol. The number of fused-ring (bicyclic) bond motifs is 17. The maximum atomic E-state index is 16.2. The van der Waals surface area contributed by atoms with Gasteiger partial charge >= 0.3 is 6.98 Å². The third-order valence-corrected chi connectivity index (χ3v) is 19.3. The van der Waals surface area contributed by atoms with Crippen LogP contribution >= 0.6 is 0 Å². The maximum absolute atomic E-state index is 16.2. The zero-order valence-electron chi connectivity index (χ0n) is 41.9. The number of aromatic nitrogens is 4. The zero-order chi connectivity index (χ0) is 49.3.